The fourth-order valence-electron chi connectivity index (χ4n) is 3.75. The average molecular weight is 449 g/mol. The second kappa shape index (κ2) is 9.33. The minimum Gasteiger partial charge on any atom is -0.394 e. The number of nitrogens with one attached hydrogen (secondary N) is 1. The van der Waals surface area contributed by atoms with Crippen molar-refractivity contribution in [3.8, 4) is 0 Å². The number of para-hydroxylation sites is 1. The van der Waals surface area contributed by atoms with Crippen molar-refractivity contribution in [3.63, 3.8) is 0 Å². The molecular weight excluding hydrogens is 422 g/mol. The van der Waals surface area contributed by atoms with Crippen molar-refractivity contribution in [2.75, 3.05) is 6.61 Å². The van der Waals surface area contributed by atoms with Crippen molar-refractivity contribution in [3.05, 3.63) is 72.5 Å². The predicted molar refractivity (Wildman–Crippen MR) is 113 cm³/mol. The van der Waals surface area contributed by atoms with Crippen molar-refractivity contribution in [1.82, 2.24) is 9.55 Å². The molecule has 0 amide bonds. The van der Waals surface area contributed by atoms with Crippen LogP contribution in [-0.2, 0) is 16.1 Å². The highest BCUT2D eigenvalue weighted by atomic mass is 16.6. The molecule has 4 atom stereocenters. The molecule has 2 aromatic rings. The molecule has 0 saturated carbocycles. The van der Waals surface area contributed by atoms with Gasteiger partial charge >= 0.3 is 5.69 Å². The summed E-state index contributed by atoms with van der Waals surface area (Å²) < 4.78 is 12.6. The first-order chi connectivity index (χ1) is 15.0. The van der Waals surface area contributed by atoms with Gasteiger partial charge < -0.3 is 19.7 Å². The molecule has 0 radical (unpaired) electrons. The molecule has 0 aliphatic carbocycles. The van der Waals surface area contributed by atoms with E-state index in [0.717, 1.165) is 4.57 Å². The van der Waals surface area contributed by atoms with Gasteiger partial charge in [0.05, 0.1) is 41.5 Å². The number of hydrogen-bond acceptors (Lipinski definition) is 8. The number of ether oxygens (including phenoxy) is 2. The molecule has 0 bridgehead atoms. The van der Waals surface area contributed by atoms with Crippen molar-refractivity contribution in [2.24, 2.45) is 5.41 Å². The van der Waals surface area contributed by atoms with Crippen LogP contribution < -0.4 is 11.2 Å². The lowest BCUT2D eigenvalue weighted by atomic mass is 9.84. The van der Waals surface area contributed by atoms with Crippen LogP contribution in [0.15, 0.2) is 40.1 Å². The molecule has 32 heavy (non-hydrogen) atoms. The molecule has 1 aliphatic rings. The van der Waals surface area contributed by atoms with E-state index >= 15 is 0 Å². The lowest BCUT2D eigenvalue weighted by Gasteiger charge is -2.30. The third-order valence-corrected chi connectivity index (χ3v) is 5.34. The number of nitro groups is 1. The number of rotatable bonds is 7. The number of aromatic nitrogens is 2. The van der Waals surface area contributed by atoms with Crippen LogP contribution in [0.4, 0.5) is 5.69 Å². The lowest BCUT2D eigenvalue weighted by Crippen LogP contribution is -2.35. The molecule has 11 heteroatoms. The third-order valence-electron chi connectivity index (χ3n) is 5.34. The Morgan fingerprint density at radius 1 is 1.34 bits per heavy atom. The van der Waals surface area contributed by atoms with E-state index in [-0.39, 0.29) is 24.3 Å². The van der Waals surface area contributed by atoms with Gasteiger partial charge in [-0.05, 0) is 11.5 Å². The Morgan fingerprint density at radius 3 is 2.62 bits per heavy atom. The monoisotopic (exact) mass is 449 g/mol. The summed E-state index contributed by atoms with van der Waals surface area (Å²) in [7, 11) is 0. The summed E-state index contributed by atoms with van der Waals surface area (Å²) in [6.07, 6.45) is -2.00. The summed E-state index contributed by atoms with van der Waals surface area (Å²) in [4.78, 5) is 37.9. The molecule has 1 fully saturated rings. The molecule has 1 saturated heterocycles. The van der Waals surface area contributed by atoms with Gasteiger partial charge in [0, 0.05) is 18.7 Å². The summed E-state index contributed by atoms with van der Waals surface area (Å²) in [5.41, 5.74) is -1.51. The molecule has 174 valence electrons. The van der Waals surface area contributed by atoms with Gasteiger partial charge in [0.25, 0.3) is 11.2 Å². The zero-order valence-electron chi connectivity index (χ0n) is 18.1. The summed E-state index contributed by atoms with van der Waals surface area (Å²) in [6.45, 7) is 4.96. The smallest absolute Gasteiger partial charge is 0.330 e. The average Bonchev–Trinajstić information content (AvgIpc) is 3.09. The Morgan fingerprint density at radius 2 is 2.03 bits per heavy atom. The van der Waals surface area contributed by atoms with Gasteiger partial charge in [0.2, 0.25) is 0 Å². The predicted octanol–water partition coefficient (Wildman–Crippen LogP) is 1.39. The number of aromatic amines is 1. The zero-order valence-corrected chi connectivity index (χ0v) is 18.1. The first-order valence-corrected chi connectivity index (χ1v) is 10.2. The van der Waals surface area contributed by atoms with Gasteiger partial charge in [-0.1, -0.05) is 32.9 Å². The van der Waals surface area contributed by atoms with Gasteiger partial charge in [0.15, 0.2) is 0 Å². The maximum atomic E-state index is 12.4. The van der Waals surface area contributed by atoms with E-state index in [0.29, 0.717) is 5.56 Å². The number of H-pyrrole nitrogens is 1. The van der Waals surface area contributed by atoms with Crippen LogP contribution in [0.2, 0.25) is 0 Å². The SMILES string of the molecule is CC(C)(C)C(OCc1cn([C@H]2C[C@@H](O)[C@@H](CO)O2)c(=O)[nH]c1=O)c1ccccc1[N+](=O)[O-]. The number of hydrogen-bond donors (Lipinski definition) is 3. The van der Waals surface area contributed by atoms with Gasteiger partial charge in [-0.25, -0.2) is 4.79 Å². The van der Waals surface area contributed by atoms with E-state index in [4.69, 9.17) is 9.47 Å². The molecular formula is C21H27N3O8. The van der Waals surface area contributed by atoms with Gasteiger partial charge in [-0.2, -0.15) is 0 Å². The number of nitrogens with zero attached hydrogens (tertiary/aromatic N) is 2. The second-order valence-corrected chi connectivity index (χ2v) is 8.81. The van der Waals surface area contributed by atoms with Crippen LogP contribution >= 0.6 is 0 Å². The van der Waals surface area contributed by atoms with Crippen LogP contribution in [0.3, 0.4) is 0 Å². The second-order valence-electron chi connectivity index (χ2n) is 8.81. The van der Waals surface area contributed by atoms with E-state index in [1.807, 2.05) is 20.8 Å². The number of benzene rings is 1. The Labute approximate surface area is 183 Å². The van der Waals surface area contributed by atoms with Crippen LogP contribution in [-0.4, -0.2) is 43.5 Å². The van der Waals surface area contributed by atoms with Crippen LogP contribution in [0, 0.1) is 15.5 Å². The fraction of sp³-hybridized carbons (Fsp3) is 0.524. The normalized spacial score (nSPS) is 22.1. The van der Waals surface area contributed by atoms with Crippen molar-refractivity contribution in [2.45, 2.75) is 58.3 Å². The number of nitro benzene ring substituents is 1. The largest absolute Gasteiger partial charge is 0.394 e. The van der Waals surface area contributed by atoms with E-state index in [2.05, 4.69) is 4.98 Å². The first-order valence-electron chi connectivity index (χ1n) is 10.2. The molecule has 3 rings (SSSR count). The molecule has 3 N–H and O–H groups in total. The zero-order chi connectivity index (χ0) is 23.6. The molecule has 1 aromatic heterocycles. The highest BCUT2D eigenvalue weighted by Gasteiger charge is 2.36. The Bertz CT molecular complexity index is 1090. The van der Waals surface area contributed by atoms with Crippen LogP contribution in [0.1, 0.15) is 50.7 Å². The quantitative estimate of drug-likeness (QED) is 0.423. The Hall–Kier alpha value is -2.86. The maximum absolute atomic E-state index is 12.4. The molecule has 1 unspecified atom stereocenters. The summed E-state index contributed by atoms with van der Waals surface area (Å²) in [5, 5.41) is 30.7. The fourth-order valence-corrected chi connectivity index (χ4v) is 3.75. The topological polar surface area (TPSA) is 157 Å². The van der Waals surface area contributed by atoms with Crippen LogP contribution in [0.25, 0.3) is 0 Å². The molecule has 0 spiro atoms. The third kappa shape index (κ3) is 4.96. The highest BCUT2D eigenvalue weighted by Crippen LogP contribution is 2.40. The van der Waals surface area contributed by atoms with Crippen molar-refractivity contribution < 1.29 is 24.6 Å². The van der Waals surface area contributed by atoms with Crippen LogP contribution in [0.5, 0.6) is 0 Å². The van der Waals surface area contributed by atoms with E-state index < -0.39 is 52.7 Å². The summed E-state index contributed by atoms with van der Waals surface area (Å²) in [5.74, 6) is 0. The Balaban J connectivity index is 1.90. The van der Waals surface area contributed by atoms with Gasteiger partial charge in [-0.15, -0.1) is 0 Å². The minimum absolute atomic E-state index is 0.0678. The molecule has 11 nitrogen and oxygen atoms in total. The number of aliphatic hydroxyl groups is 2. The standard InChI is InChI=1S/C21H27N3O8/c1-21(2,3)18(13-6-4-5-7-14(13)24(29)30)31-11-12-9-23(20(28)22-19(12)27)17-8-15(26)16(10-25)32-17/h4-7,9,15-18,25-26H,8,10-11H2,1-3H3,(H,22,27,28)/t15-,16-,17-,18?/m1/s1. The molecule has 1 aromatic carbocycles. The van der Waals surface area contributed by atoms with Crippen molar-refractivity contribution >= 4 is 5.69 Å². The minimum atomic E-state index is -0.951. The van der Waals surface area contributed by atoms with E-state index in [9.17, 15) is 29.9 Å². The Kier molecular flexibility index (Phi) is 6.94. The van der Waals surface area contributed by atoms with E-state index in [1.165, 1.54) is 12.3 Å². The molecule has 2 heterocycles. The maximum Gasteiger partial charge on any atom is 0.330 e. The van der Waals surface area contributed by atoms with Crippen molar-refractivity contribution in [1.29, 1.82) is 0 Å². The summed E-state index contributed by atoms with van der Waals surface area (Å²) in [6, 6.07) is 6.25. The van der Waals surface area contributed by atoms with Gasteiger partial charge in [0.1, 0.15) is 12.3 Å². The highest BCUT2D eigenvalue weighted by molar-refractivity contribution is 5.42. The number of aliphatic hydroxyl groups excluding tert-OH is 2. The molecule has 1 aliphatic heterocycles. The summed E-state index contributed by atoms with van der Waals surface area (Å²) >= 11 is 0. The first kappa shape index (κ1) is 23.8. The lowest BCUT2D eigenvalue weighted by molar-refractivity contribution is -0.386. The van der Waals surface area contributed by atoms with E-state index in [1.54, 1.807) is 18.2 Å². The van der Waals surface area contributed by atoms with Gasteiger partial charge in [-0.3, -0.25) is 24.5 Å².